The molecule has 5 nitrogen and oxygen atoms in total. The lowest BCUT2D eigenvalue weighted by molar-refractivity contribution is -0.108. The van der Waals surface area contributed by atoms with Crippen molar-refractivity contribution < 1.29 is 14.3 Å². The first-order valence-electron chi connectivity index (χ1n) is 10.3. The molecule has 0 spiro atoms. The van der Waals surface area contributed by atoms with Gasteiger partial charge in [0.1, 0.15) is 6.29 Å². The van der Waals surface area contributed by atoms with Crippen LogP contribution in [0.4, 0.5) is 5.69 Å². The highest BCUT2D eigenvalue weighted by Crippen LogP contribution is 2.41. The van der Waals surface area contributed by atoms with Crippen LogP contribution >= 0.6 is 11.9 Å². The Hall–Kier alpha value is -1.89. The van der Waals surface area contributed by atoms with Crippen molar-refractivity contribution in [3.05, 3.63) is 35.9 Å². The van der Waals surface area contributed by atoms with E-state index in [4.69, 9.17) is 0 Å². The van der Waals surface area contributed by atoms with Gasteiger partial charge >= 0.3 is 0 Å². The molecular weight excluding hydrogens is 384 g/mol. The number of hydrogen-bond acceptors (Lipinski definition) is 5. The minimum Gasteiger partial charge on any atom is -0.385 e. The van der Waals surface area contributed by atoms with Crippen LogP contribution < -0.4 is 9.62 Å². The second kappa shape index (κ2) is 12.0. The van der Waals surface area contributed by atoms with Gasteiger partial charge in [-0.2, -0.15) is 0 Å². The van der Waals surface area contributed by atoms with E-state index in [0.29, 0.717) is 13.0 Å². The lowest BCUT2D eigenvalue weighted by atomic mass is 10.1. The Morgan fingerprint density at radius 2 is 1.97 bits per heavy atom. The largest absolute Gasteiger partial charge is 0.385 e. The maximum atomic E-state index is 12.6. The van der Waals surface area contributed by atoms with Gasteiger partial charge in [-0.05, 0) is 55.8 Å². The summed E-state index contributed by atoms with van der Waals surface area (Å²) in [4.78, 5) is 26.4. The van der Waals surface area contributed by atoms with Gasteiger partial charge in [-0.25, -0.2) is 0 Å². The zero-order valence-electron chi connectivity index (χ0n) is 17.9. The monoisotopic (exact) mass is 416 g/mol. The smallest absolute Gasteiger partial charge is 0.258 e. The van der Waals surface area contributed by atoms with Crippen molar-refractivity contribution in [2.45, 2.75) is 57.4 Å². The Kier molecular flexibility index (Phi) is 9.64. The van der Waals surface area contributed by atoms with Gasteiger partial charge in [-0.15, -0.1) is 0 Å². The van der Waals surface area contributed by atoms with E-state index in [9.17, 15) is 9.59 Å². The number of amides is 1. The van der Waals surface area contributed by atoms with Crippen LogP contribution in [-0.4, -0.2) is 38.5 Å². The van der Waals surface area contributed by atoms with Gasteiger partial charge in [0.05, 0.1) is 5.69 Å². The first-order valence-corrected chi connectivity index (χ1v) is 11.2. The highest BCUT2D eigenvalue weighted by Gasteiger charge is 2.29. The second-order valence-corrected chi connectivity index (χ2v) is 7.78. The third kappa shape index (κ3) is 5.59. The molecule has 6 heteroatoms. The minimum atomic E-state index is 0.0833. The Balaban J connectivity index is 0.000000687. The third-order valence-electron chi connectivity index (χ3n) is 4.97. The maximum absolute atomic E-state index is 12.6. The Labute approximate surface area is 178 Å². The normalized spacial score (nSPS) is 13.4. The number of methoxy groups -OCH3 is 1. The van der Waals surface area contributed by atoms with E-state index >= 15 is 0 Å². The van der Waals surface area contributed by atoms with Gasteiger partial charge in [0.15, 0.2) is 0 Å². The molecule has 2 aromatic rings. The van der Waals surface area contributed by atoms with Crippen LogP contribution in [0.15, 0.2) is 35.2 Å². The number of nitrogens with zero attached hydrogens (tertiary/aromatic N) is 1. The van der Waals surface area contributed by atoms with E-state index in [-0.39, 0.29) is 11.9 Å². The summed E-state index contributed by atoms with van der Waals surface area (Å²) < 4.78 is 7.99. The van der Waals surface area contributed by atoms with Crippen molar-refractivity contribution in [3.63, 3.8) is 0 Å². The van der Waals surface area contributed by atoms with E-state index in [2.05, 4.69) is 28.5 Å². The van der Waals surface area contributed by atoms with E-state index in [1.165, 1.54) is 0 Å². The fraction of sp³-hybridized carbons (Fsp3) is 0.478. The molecule has 158 valence electrons. The fourth-order valence-electron chi connectivity index (χ4n) is 3.36. The molecule has 0 bridgehead atoms. The predicted molar refractivity (Wildman–Crippen MR) is 122 cm³/mol. The van der Waals surface area contributed by atoms with Crippen molar-refractivity contribution in [2.75, 3.05) is 25.2 Å². The molecule has 0 fully saturated rings. The van der Waals surface area contributed by atoms with Crippen LogP contribution in [0.2, 0.25) is 0 Å². The Bertz CT molecular complexity index is 823. The summed E-state index contributed by atoms with van der Waals surface area (Å²) in [7, 11) is 1.68. The minimum absolute atomic E-state index is 0.0833. The molecule has 0 aliphatic carbocycles. The summed E-state index contributed by atoms with van der Waals surface area (Å²) in [5.41, 5.74) is 1.78. The standard InChI is InChI=1S/C20H24N2O2S.C3H8O/c1-3-5-7-14(12-13-23)21-25-18-11-10-17-19-15(18)8-6-9-16(19)20(24)22(17)4-2;1-3-4-2/h6,8-11,13-14,21H,3-5,7,12H2,1-2H3;3H2,1-2H3. The predicted octanol–water partition coefficient (Wildman–Crippen LogP) is 5.22. The molecule has 1 amide bonds. The lowest BCUT2D eigenvalue weighted by Gasteiger charge is -2.17. The average Bonchev–Trinajstić information content (AvgIpc) is 3.04. The molecule has 0 radical (unpaired) electrons. The van der Waals surface area contributed by atoms with Crippen LogP contribution in [0.3, 0.4) is 0 Å². The van der Waals surface area contributed by atoms with Crippen LogP contribution in [0.1, 0.15) is 56.8 Å². The number of ether oxygens (including phenoxy) is 1. The number of carbonyl (C=O) groups excluding carboxylic acids is 2. The average molecular weight is 417 g/mol. The summed E-state index contributed by atoms with van der Waals surface area (Å²) in [6, 6.07) is 10.2. The number of aldehydes is 1. The lowest BCUT2D eigenvalue weighted by Crippen LogP contribution is -2.25. The number of benzene rings is 2. The summed E-state index contributed by atoms with van der Waals surface area (Å²) in [6.07, 6.45) is 4.73. The number of unbranched alkanes of at least 4 members (excludes halogenated alkanes) is 1. The van der Waals surface area contributed by atoms with Gasteiger partial charge in [0.2, 0.25) is 0 Å². The quantitative estimate of drug-likeness (QED) is 0.425. The van der Waals surface area contributed by atoms with Gasteiger partial charge in [0, 0.05) is 48.6 Å². The first-order chi connectivity index (χ1) is 14.1. The van der Waals surface area contributed by atoms with Crippen molar-refractivity contribution >= 4 is 40.6 Å². The molecule has 3 rings (SSSR count). The van der Waals surface area contributed by atoms with Crippen LogP contribution in [0.25, 0.3) is 10.8 Å². The molecule has 1 heterocycles. The fourth-order valence-corrected chi connectivity index (χ4v) is 4.28. The molecule has 29 heavy (non-hydrogen) atoms. The molecule has 2 aromatic carbocycles. The second-order valence-electron chi connectivity index (χ2n) is 6.90. The summed E-state index contributed by atoms with van der Waals surface area (Å²) in [6.45, 7) is 7.61. The van der Waals surface area contributed by atoms with E-state index in [0.717, 1.165) is 59.1 Å². The van der Waals surface area contributed by atoms with Crippen LogP contribution in [0.5, 0.6) is 0 Å². The van der Waals surface area contributed by atoms with Gasteiger partial charge < -0.3 is 14.4 Å². The zero-order chi connectivity index (χ0) is 21.2. The number of rotatable bonds is 10. The number of hydrogen-bond donors (Lipinski definition) is 1. The van der Waals surface area contributed by atoms with Gasteiger partial charge in [-0.3, -0.25) is 9.52 Å². The molecule has 1 N–H and O–H groups in total. The highest BCUT2D eigenvalue weighted by atomic mass is 32.2. The molecular formula is C23H32N2O3S. The molecule has 1 unspecified atom stereocenters. The molecule has 0 aromatic heterocycles. The van der Waals surface area contributed by atoms with Crippen LogP contribution in [0, 0.1) is 0 Å². The van der Waals surface area contributed by atoms with Crippen molar-refractivity contribution in [2.24, 2.45) is 0 Å². The topological polar surface area (TPSA) is 58.6 Å². The number of anilines is 1. The molecule has 1 aliphatic rings. The summed E-state index contributed by atoms with van der Waals surface area (Å²) in [5.74, 6) is 0.0833. The zero-order valence-corrected chi connectivity index (χ0v) is 18.7. The molecule has 0 saturated carbocycles. The van der Waals surface area contributed by atoms with Crippen molar-refractivity contribution in [3.8, 4) is 0 Å². The summed E-state index contributed by atoms with van der Waals surface area (Å²) in [5, 5.41) is 2.14. The summed E-state index contributed by atoms with van der Waals surface area (Å²) >= 11 is 1.56. The third-order valence-corrected chi connectivity index (χ3v) is 6.00. The van der Waals surface area contributed by atoms with E-state index < -0.39 is 0 Å². The van der Waals surface area contributed by atoms with E-state index in [1.54, 1.807) is 19.1 Å². The first kappa shape index (κ1) is 23.4. The SMILES string of the molecule is CCCCC(CC=O)NSc1ccc2c3c(cccc13)C(=O)N2CC.CCOC. The van der Waals surface area contributed by atoms with E-state index in [1.807, 2.05) is 36.9 Å². The molecule has 1 atom stereocenters. The van der Waals surface area contributed by atoms with Gasteiger partial charge in [0.25, 0.3) is 5.91 Å². The van der Waals surface area contributed by atoms with Crippen molar-refractivity contribution in [1.29, 1.82) is 0 Å². The Morgan fingerprint density at radius 1 is 1.21 bits per heavy atom. The number of carbonyl (C=O) groups is 2. The number of nitrogens with one attached hydrogen (secondary N) is 1. The molecule has 1 aliphatic heterocycles. The molecule has 0 saturated heterocycles. The Morgan fingerprint density at radius 3 is 2.59 bits per heavy atom. The van der Waals surface area contributed by atoms with Gasteiger partial charge in [-0.1, -0.05) is 31.9 Å². The maximum Gasteiger partial charge on any atom is 0.258 e. The van der Waals surface area contributed by atoms with Crippen LogP contribution in [-0.2, 0) is 9.53 Å². The highest BCUT2D eigenvalue weighted by molar-refractivity contribution is 7.97. The van der Waals surface area contributed by atoms with Crippen molar-refractivity contribution in [1.82, 2.24) is 4.72 Å².